The molecular weight excluding hydrogens is 150 g/mol. The molecule has 1 fully saturated rings. The SMILES string of the molecule is Cl.Nc1cn(C2CC2)cn1. The fourth-order valence-electron chi connectivity index (χ4n) is 0.925. The quantitative estimate of drug-likeness (QED) is 0.670. The van der Waals surface area contributed by atoms with Crippen LogP contribution in [-0.4, -0.2) is 9.55 Å². The molecule has 1 aliphatic carbocycles. The van der Waals surface area contributed by atoms with Crippen LogP contribution in [0.15, 0.2) is 12.5 Å². The second-order valence-electron chi connectivity index (χ2n) is 2.48. The van der Waals surface area contributed by atoms with Gasteiger partial charge in [0.1, 0.15) is 5.82 Å². The summed E-state index contributed by atoms with van der Waals surface area (Å²) in [7, 11) is 0. The Morgan fingerprint density at radius 2 is 2.30 bits per heavy atom. The Kier molecular flexibility index (Phi) is 1.85. The summed E-state index contributed by atoms with van der Waals surface area (Å²) in [4.78, 5) is 3.92. The number of nitrogen functional groups attached to an aromatic ring is 1. The van der Waals surface area contributed by atoms with Gasteiger partial charge in [-0.3, -0.25) is 0 Å². The van der Waals surface area contributed by atoms with Gasteiger partial charge < -0.3 is 10.3 Å². The monoisotopic (exact) mass is 159 g/mol. The number of hydrogen-bond acceptors (Lipinski definition) is 2. The van der Waals surface area contributed by atoms with E-state index in [1.807, 2.05) is 6.20 Å². The Hall–Kier alpha value is -0.700. The van der Waals surface area contributed by atoms with Crippen molar-refractivity contribution in [3.8, 4) is 0 Å². The maximum atomic E-state index is 5.41. The van der Waals surface area contributed by atoms with Gasteiger partial charge in [-0.25, -0.2) is 4.98 Å². The zero-order valence-electron chi connectivity index (χ0n) is 5.53. The third-order valence-corrected chi connectivity index (χ3v) is 1.59. The van der Waals surface area contributed by atoms with Gasteiger partial charge >= 0.3 is 0 Å². The first-order valence-corrected chi connectivity index (χ1v) is 3.15. The van der Waals surface area contributed by atoms with Gasteiger partial charge in [0.25, 0.3) is 0 Å². The summed E-state index contributed by atoms with van der Waals surface area (Å²) < 4.78 is 2.08. The van der Waals surface area contributed by atoms with E-state index in [9.17, 15) is 0 Å². The lowest BCUT2D eigenvalue weighted by Crippen LogP contribution is -1.87. The van der Waals surface area contributed by atoms with Crippen LogP contribution in [0.2, 0.25) is 0 Å². The lowest BCUT2D eigenvalue weighted by molar-refractivity contribution is 0.741. The van der Waals surface area contributed by atoms with E-state index in [-0.39, 0.29) is 12.4 Å². The third kappa shape index (κ3) is 1.24. The third-order valence-electron chi connectivity index (χ3n) is 1.59. The van der Waals surface area contributed by atoms with E-state index in [2.05, 4.69) is 9.55 Å². The van der Waals surface area contributed by atoms with Crippen molar-refractivity contribution in [1.82, 2.24) is 9.55 Å². The standard InChI is InChI=1S/C6H9N3.ClH/c7-6-3-9(4-8-6)5-1-2-5;/h3-5H,1-2,7H2;1H. The summed E-state index contributed by atoms with van der Waals surface area (Å²) >= 11 is 0. The summed E-state index contributed by atoms with van der Waals surface area (Å²) in [6, 6.07) is 0.704. The molecule has 0 bridgehead atoms. The predicted octanol–water partition coefficient (Wildman–Crippen LogP) is 1.22. The molecule has 3 nitrogen and oxygen atoms in total. The molecule has 2 N–H and O–H groups in total. The average molecular weight is 160 g/mol. The van der Waals surface area contributed by atoms with Crippen molar-refractivity contribution >= 4 is 18.2 Å². The van der Waals surface area contributed by atoms with Gasteiger partial charge in [-0.2, -0.15) is 0 Å². The molecule has 1 saturated carbocycles. The van der Waals surface area contributed by atoms with E-state index in [1.165, 1.54) is 12.8 Å². The minimum atomic E-state index is 0. The minimum absolute atomic E-state index is 0. The first-order chi connectivity index (χ1) is 4.36. The van der Waals surface area contributed by atoms with Crippen molar-refractivity contribution < 1.29 is 0 Å². The molecule has 0 spiro atoms. The Labute approximate surface area is 65.7 Å². The molecule has 2 rings (SSSR count). The fourth-order valence-corrected chi connectivity index (χ4v) is 0.925. The lowest BCUT2D eigenvalue weighted by atomic mass is 10.6. The van der Waals surface area contributed by atoms with E-state index in [4.69, 9.17) is 5.73 Å². The van der Waals surface area contributed by atoms with Crippen LogP contribution in [0.5, 0.6) is 0 Å². The maximum absolute atomic E-state index is 5.41. The summed E-state index contributed by atoms with van der Waals surface area (Å²) in [6.45, 7) is 0. The molecule has 1 aromatic rings. The van der Waals surface area contributed by atoms with Crippen LogP contribution in [0, 0.1) is 0 Å². The predicted molar refractivity (Wildman–Crippen MR) is 42.2 cm³/mol. The number of nitrogens with zero attached hydrogens (tertiary/aromatic N) is 2. The van der Waals surface area contributed by atoms with E-state index >= 15 is 0 Å². The molecule has 0 aromatic carbocycles. The number of imidazole rings is 1. The molecule has 0 aliphatic heterocycles. The molecule has 0 atom stereocenters. The Morgan fingerprint density at radius 3 is 2.70 bits per heavy atom. The van der Waals surface area contributed by atoms with Crippen LogP contribution in [0.4, 0.5) is 5.82 Å². The Morgan fingerprint density at radius 1 is 1.60 bits per heavy atom. The van der Waals surface area contributed by atoms with Gasteiger partial charge in [0.15, 0.2) is 0 Å². The van der Waals surface area contributed by atoms with Gasteiger partial charge in [0.05, 0.1) is 6.33 Å². The van der Waals surface area contributed by atoms with Crippen molar-refractivity contribution in [2.75, 3.05) is 5.73 Å². The van der Waals surface area contributed by atoms with E-state index < -0.39 is 0 Å². The number of nitrogens with two attached hydrogens (primary N) is 1. The smallest absolute Gasteiger partial charge is 0.141 e. The van der Waals surface area contributed by atoms with Gasteiger partial charge in [-0.05, 0) is 12.8 Å². The maximum Gasteiger partial charge on any atom is 0.141 e. The second-order valence-corrected chi connectivity index (χ2v) is 2.48. The van der Waals surface area contributed by atoms with E-state index in [0.29, 0.717) is 11.9 Å². The first kappa shape index (κ1) is 7.41. The number of hydrogen-bond donors (Lipinski definition) is 1. The van der Waals surface area contributed by atoms with Crippen molar-refractivity contribution in [3.05, 3.63) is 12.5 Å². The first-order valence-electron chi connectivity index (χ1n) is 3.15. The zero-order valence-corrected chi connectivity index (χ0v) is 6.34. The van der Waals surface area contributed by atoms with Gasteiger partial charge in [0, 0.05) is 12.2 Å². The molecule has 0 unspecified atom stereocenters. The molecule has 56 valence electrons. The molecular formula is C6H10ClN3. The van der Waals surface area contributed by atoms with Crippen molar-refractivity contribution in [1.29, 1.82) is 0 Å². The summed E-state index contributed by atoms with van der Waals surface area (Å²) in [5, 5.41) is 0. The second kappa shape index (κ2) is 2.50. The molecule has 0 radical (unpaired) electrons. The summed E-state index contributed by atoms with van der Waals surface area (Å²) in [6.07, 6.45) is 6.26. The zero-order chi connectivity index (χ0) is 6.27. The molecule has 0 amide bonds. The van der Waals surface area contributed by atoms with E-state index in [1.54, 1.807) is 6.33 Å². The highest BCUT2D eigenvalue weighted by Gasteiger charge is 2.22. The molecule has 1 heterocycles. The topological polar surface area (TPSA) is 43.8 Å². The highest BCUT2D eigenvalue weighted by Crippen LogP contribution is 2.34. The van der Waals surface area contributed by atoms with Crippen molar-refractivity contribution in [2.24, 2.45) is 0 Å². The summed E-state index contributed by atoms with van der Waals surface area (Å²) in [5.74, 6) is 0.627. The van der Waals surface area contributed by atoms with Crippen molar-refractivity contribution in [3.63, 3.8) is 0 Å². The lowest BCUT2D eigenvalue weighted by Gasteiger charge is -1.91. The molecule has 1 aromatic heterocycles. The van der Waals surface area contributed by atoms with Gasteiger partial charge in [-0.1, -0.05) is 0 Å². The molecule has 0 saturated heterocycles. The van der Waals surface area contributed by atoms with Crippen LogP contribution in [-0.2, 0) is 0 Å². The van der Waals surface area contributed by atoms with E-state index in [0.717, 1.165) is 0 Å². The van der Waals surface area contributed by atoms with Crippen LogP contribution in [0.25, 0.3) is 0 Å². The molecule has 4 heteroatoms. The van der Waals surface area contributed by atoms with Crippen LogP contribution in [0.1, 0.15) is 18.9 Å². The minimum Gasteiger partial charge on any atom is -0.382 e. The number of halogens is 1. The normalized spacial score (nSPS) is 16.4. The van der Waals surface area contributed by atoms with Crippen LogP contribution >= 0.6 is 12.4 Å². The van der Waals surface area contributed by atoms with Gasteiger partial charge in [-0.15, -0.1) is 12.4 Å². The van der Waals surface area contributed by atoms with Crippen molar-refractivity contribution in [2.45, 2.75) is 18.9 Å². The van der Waals surface area contributed by atoms with Crippen LogP contribution in [0.3, 0.4) is 0 Å². The number of anilines is 1. The molecule has 1 aliphatic rings. The number of rotatable bonds is 1. The fraction of sp³-hybridized carbons (Fsp3) is 0.500. The van der Waals surface area contributed by atoms with Crippen LogP contribution < -0.4 is 5.73 Å². The Balaban J connectivity index is 0.000000500. The highest BCUT2D eigenvalue weighted by atomic mass is 35.5. The Bertz CT molecular complexity index is 217. The van der Waals surface area contributed by atoms with Gasteiger partial charge in [0.2, 0.25) is 0 Å². The molecule has 10 heavy (non-hydrogen) atoms. The summed E-state index contributed by atoms with van der Waals surface area (Å²) in [5.41, 5.74) is 5.41. The number of aromatic nitrogens is 2. The average Bonchev–Trinajstić information content (AvgIpc) is 2.58. The largest absolute Gasteiger partial charge is 0.382 e. The highest BCUT2D eigenvalue weighted by molar-refractivity contribution is 5.85.